The van der Waals surface area contributed by atoms with Gasteiger partial charge in [0.1, 0.15) is 6.17 Å². The lowest BCUT2D eigenvalue weighted by Gasteiger charge is -2.55. The fraction of sp³-hybridized carbons (Fsp3) is 0.667. The Morgan fingerprint density at radius 3 is 2.20 bits per heavy atom. The Hall–Kier alpha value is -1.20. The number of aliphatic imine (C=N–C) groups is 1. The molecule has 0 aromatic heterocycles. The molecule has 4 nitrogen and oxygen atoms in total. The second-order valence-corrected chi connectivity index (χ2v) is 11.6. The van der Waals surface area contributed by atoms with Gasteiger partial charge in [-0.15, -0.1) is 0 Å². The van der Waals surface area contributed by atoms with Crippen LogP contribution in [0.25, 0.3) is 0 Å². The molecule has 4 bridgehead atoms. The number of hydrogen-bond donors (Lipinski definition) is 0. The molecule has 1 heterocycles. The molecule has 6 heteroatoms. The molecule has 4 saturated carbocycles. The van der Waals surface area contributed by atoms with Gasteiger partial charge in [-0.05, 0) is 94.4 Å². The van der Waals surface area contributed by atoms with Crippen LogP contribution in [0.4, 0.5) is 5.69 Å². The molecule has 0 N–H and O–H groups in total. The summed E-state index contributed by atoms with van der Waals surface area (Å²) in [7, 11) is 0. The van der Waals surface area contributed by atoms with E-state index in [-0.39, 0.29) is 23.7 Å². The average Bonchev–Trinajstić information content (AvgIpc) is 3.04. The fourth-order valence-electron chi connectivity index (χ4n) is 6.86. The quantitative estimate of drug-likeness (QED) is 0.587. The molecule has 30 heavy (non-hydrogen) atoms. The summed E-state index contributed by atoms with van der Waals surface area (Å²) in [6, 6.07) is 7.90. The maximum atomic E-state index is 12.7. The van der Waals surface area contributed by atoms with Gasteiger partial charge in [0.15, 0.2) is 5.17 Å². The predicted octanol–water partition coefficient (Wildman–Crippen LogP) is 5.80. The van der Waals surface area contributed by atoms with E-state index in [4.69, 9.17) is 16.6 Å². The van der Waals surface area contributed by atoms with E-state index in [1.807, 2.05) is 40.9 Å². The summed E-state index contributed by atoms with van der Waals surface area (Å²) >= 11 is 7.93. The molecule has 1 aromatic rings. The summed E-state index contributed by atoms with van der Waals surface area (Å²) in [5, 5.41) is 1.84. The predicted molar refractivity (Wildman–Crippen MR) is 126 cm³/mol. The molecule has 0 spiro atoms. The van der Waals surface area contributed by atoms with Gasteiger partial charge in [0.25, 0.3) is 0 Å². The van der Waals surface area contributed by atoms with E-state index in [2.05, 4.69) is 18.7 Å². The number of rotatable bonds is 4. The van der Waals surface area contributed by atoms with Crippen LogP contribution in [0, 0.1) is 17.8 Å². The second-order valence-electron chi connectivity index (χ2n) is 10.2. The van der Waals surface area contributed by atoms with Crippen molar-refractivity contribution in [1.29, 1.82) is 0 Å². The molecule has 1 atom stereocenters. The van der Waals surface area contributed by atoms with Crippen molar-refractivity contribution >= 4 is 40.1 Å². The maximum absolute atomic E-state index is 12.7. The minimum absolute atomic E-state index is 0.0126. The van der Waals surface area contributed by atoms with Gasteiger partial charge in [-0.2, -0.15) is 0 Å². The molecular formula is C24H32ClN3OS. The number of halogens is 1. The van der Waals surface area contributed by atoms with Gasteiger partial charge in [0, 0.05) is 29.4 Å². The maximum Gasteiger partial charge on any atom is 0.225 e. The minimum atomic E-state index is -0.0126. The summed E-state index contributed by atoms with van der Waals surface area (Å²) in [6.45, 7) is 6.09. The Bertz CT molecular complexity index is 817. The number of benzene rings is 1. The largest absolute Gasteiger partial charge is 0.327 e. The van der Waals surface area contributed by atoms with Crippen molar-refractivity contribution in [1.82, 2.24) is 4.90 Å². The minimum Gasteiger partial charge on any atom is -0.327 e. The van der Waals surface area contributed by atoms with Crippen LogP contribution in [0.15, 0.2) is 29.3 Å². The smallest absolute Gasteiger partial charge is 0.225 e. The number of nitrogens with zero attached hydrogens (tertiary/aromatic N) is 3. The van der Waals surface area contributed by atoms with Gasteiger partial charge in [-0.25, -0.2) is 0 Å². The molecular weight excluding hydrogens is 414 g/mol. The Kier molecular flexibility index (Phi) is 5.34. The number of carbonyl (C=O) groups excluding carboxylic acids is 1. The average molecular weight is 446 g/mol. The Labute approximate surface area is 189 Å². The molecule has 162 valence electrons. The first kappa shape index (κ1) is 20.7. The molecule has 1 aromatic carbocycles. The van der Waals surface area contributed by atoms with Crippen molar-refractivity contribution in [3.8, 4) is 0 Å². The Morgan fingerprint density at radius 1 is 1.13 bits per heavy atom. The monoisotopic (exact) mass is 445 g/mol. The SMILES string of the molecule is CC(=O)N(c1ccc(Cl)cc1)C1CSC(=NC23CC4CC(CC(C4)C2)C3)N1C(C)C. The van der Waals surface area contributed by atoms with E-state index in [1.165, 1.54) is 38.5 Å². The Morgan fingerprint density at radius 2 is 1.70 bits per heavy atom. The first-order valence-electron chi connectivity index (χ1n) is 11.4. The number of hydrogen-bond acceptors (Lipinski definition) is 3. The molecule has 6 rings (SSSR count). The highest BCUT2D eigenvalue weighted by Crippen LogP contribution is 2.57. The molecule has 4 aliphatic carbocycles. The molecule has 1 unspecified atom stereocenters. The zero-order valence-corrected chi connectivity index (χ0v) is 19.8. The van der Waals surface area contributed by atoms with Crippen LogP contribution < -0.4 is 4.90 Å². The lowest BCUT2D eigenvalue weighted by Crippen LogP contribution is -2.54. The highest BCUT2D eigenvalue weighted by Gasteiger charge is 2.52. The van der Waals surface area contributed by atoms with Crippen molar-refractivity contribution in [2.24, 2.45) is 22.7 Å². The zero-order valence-electron chi connectivity index (χ0n) is 18.2. The van der Waals surface area contributed by atoms with Gasteiger partial charge < -0.3 is 4.90 Å². The first-order valence-corrected chi connectivity index (χ1v) is 12.8. The fourth-order valence-corrected chi connectivity index (χ4v) is 8.33. The third-order valence-corrected chi connectivity index (χ3v) is 8.82. The molecule has 5 fully saturated rings. The van der Waals surface area contributed by atoms with Crippen LogP contribution >= 0.6 is 23.4 Å². The van der Waals surface area contributed by atoms with E-state index in [9.17, 15) is 4.79 Å². The molecule has 1 amide bonds. The van der Waals surface area contributed by atoms with Crippen molar-refractivity contribution in [3.05, 3.63) is 29.3 Å². The normalized spacial score (nSPS) is 36.2. The van der Waals surface area contributed by atoms with Crippen LogP contribution in [0.1, 0.15) is 59.3 Å². The molecule has 5 aliphatic rings. The Balaban J connectivity index is 1.46. The van der Waals surface area contributed by atoms with E-state index >= 15 is 0 Å². The number of thioether (sulfide) groups is 1. The lowest BCUT2D eigenvalue weighted by molar-refractivity contribution is -0.117. The third-order valence-electron chi connectivity index (χ3n) is 7.54. The summed E-state index contributed by atoms with van der Waals surface area (Å²) in [5.74, 6) is 3.57. The summed E-state index contributed by atoms with van der Waals surface area (Å²) < 4.78 is 0. The molecule has 0 radical (unpaired) electrons. The van der Waals surface area contributed by atoms with Gasteiger partial charge in [-0.3, -0.25) is 14.7 Å². The van der Waals surface area contributed by atoms with Crippen molar-refractivity contribution < 1.29 is 4.79 Å². The van der Waals surface area contributed by atoms with Gasteiger partial charge >= 0.3 is 0 Å². The van der Waals surface area contributed by atoms with E-state index in [0.29, 0.717) is 5.02 Å². The summed E-state index contributed by atoms with van der Waals surface area (Å²) in [5.41, 5.74) is 1.06. The lowest BCUT2D eigenvalue weighted by atomic mass is 9.53. The third kappa shape index (κ3) is 3.66. The summed E-state index contributed by atoms with van der Waals surface area (Å²) in [4.78, 5) is 22.5. The topological polar surface area (TPSA) is 35.9 Å². The first-order chi connectivity index (χ1) is 14.3. The standard InChI is InChI=1S/C24H32ClN3OS/c1-15(2)27-22(28(16(3)29)21-6-4-20(25)5-7-21)14-30-23(27)26-24-11-17-8-18(12-24)10-19(9-17)13-24/h4-7,15,17-19,22H,8-14H2,1-3H3. The van der Waals surface area contributed by atoms with Crippen LogP contribution in [0.3, 0.4) is 0 Å². The zero-order chi connectivity index (χ0) is 21.0. The van der Waals surface area contributed by atoms with Gasteiger partial charge in [0.2, 0.25) is 5.91 Å². The van der Waals surface area contributed by atoms with E-state index < -0.39 is 0 Å². The summed E-state index contributed by atoms with van der Waals surface area (Å²) in [6.07, 6.45) is 8.10. The van der Waals surface area contributed by atoms with Crippen LogP contribution in [0.5, 0.6) is 0 Å². The molecule has 1 saturated heterocycles. The second kappa shape index (κ2) is 7.74. The van der Waals surface area contributed by atoms with Crippen molar-refractivity contribution in [2.45, 2.75) is 77.0 Å². The van der Waals surface area contributed by atoms with Crippen LogP contribution in [-0.2, 0) is 4.79 Å². The number of amides is 1. The van der Waals surface area contributed by atoms with Gasteiger partial charge in [-0.1, -0.05) is 23.4 Å². The number of amidine groups is 1. The van der Waals surface area contributed by atoms with E-state index in [1.54, 1.807) is 6.92 Å². The van der Waals surface area contributed by atoms with Crippen molar-refractivity contribution in [2.75, 3.05) is 10.7 Å². The van der Waals surface area contributed by atoms with Crippen LogP contribution in [-0.4, -0.2) is 39.5 Å². The molecule has 1 aliphatic heterocycles. The number of anilines is 1. The highest BCUT2D eigenvalue weighted by molar-refractivity contribution is 8.14. The number of carbonyl (C=O) groups is 1. The van der Waals surface area contributed by atoms with Crippen molar-refractivity contribution in [3.63, 3.8) is 0 Å². The van der Waals surface area contributed by atoms with Gasteiger partial charge in [0.05, 0.1) is 5.54 Å². The van der Waals surface area contributed by atoms with Crippen LogP contribution in [0.2, 0.25) is 5.02 Å². The highest BCUT2D eigenvalue weighted by atomic mass is 35.5. The van der Waals surface area contributed by atoms with E-state index in [0.717, 1.165) is 34.4 Å².